The summed E-state index contributed by atoms with van der Waals surface area (Å²) >= 11 is 0. The van der Waals surface area contributed by atoms with E-state index in [9.17, 15) is 4.79 Å². The molecule has 0 aliphatic heterocycles. The largest absolute Gasteiger partial charge is 0.345 e. The van der Waals surface area contributed by atoms with Gasteiger partial charge in [-0.3, -0.25) is 4.89 Å². The van der Waals surface area contributed by atoms with Gasteiger partial charge in [0.15, 0.2) is 0 Å². The van der Waals surface area contributed by atoms with Crippen LogP contribution in [-0.2, 0) is 14.6 Å². The van der Waals surface area contributed by atoms with Crippen LogP contribution in [0.3, 0.4) is 0 Å². The van der Waals surface area contributed by atoms with Crippen molar-refractivity contribution in [2.75, 3.05) is 0 Å². The molecule has 3 heteroatoms. The molecule has 1 aliphatic rings. The highest BCUT2D eigenvalue weighted by Gasteiger charge is 2.34. The molecule has 0 aromatic rings. The molecule has 1 rings (SSSR count). The summed E-state index contributed by atoms with van der Waals surface area (Å²) in [5.41, 5.74) is -0.362. The molecule has 0 radical (unpaired) electrons. The zero-order chi connectivity index (χ0) is 15.0. The Morgan fingerprint density at radius 1 is 1.20 bits per heavy atom. The van der Waals surface area contributed by atoms with Gasteiger partial charge in [-0.25, -0.2) is 4.79 Å². The van der Waals surface area contributed by atoms with Gasteiger partial charge in [-0.05, 0) is 45.4 Å². The molecule has 0 bridgehead atoms. The SMILES string of the molecule is CCCCC(CC)C(=O)OOC(C)(C)C1CCCCC1. The fourth-order valence-corrected chi connectivity index (χ4v) is 3.02. The van der Waals surface area contributed by atoms with Gasteiger partial charge in [0.1, 0.15) is 5.60 Å². The van der Waals surface area contributed by atoms with Crippen molar-refractivity contribution in [1.29, 1.82) is 0 Å². The number of rotatable bonds is 8. The Morgan fingerprint density at radius 3 is 2.40 bits per heavy atom. The summed E-state index contributed by atoms with van der Waals surface area (Å²) in [6.07, 6.45) is 10.1. The molecular formula is C17H32O3. The summed E-state index contributed by atoms with van der Waals surface area (Å²) in [7, 11) is 0. The van der Waals surface area contributed by atoms with Gasteiger partial charge >= 0.3 is 5.97 Å². The molecule has 0 amide bonds. The van der Waals surface area contributed by atoms with E-state index in [1.807, 2.05) is 20.8 Å². The maximum atomic E-state index is 12.1. The number of hydrogen-bond donors (Lipinski definition) is 0. The Kier molecular flexibility index (Phi) is 7.57. The van der Waals surface area contributed by atoms with E-state index >= 15 is 0 Å². The molecule has 0 spiro atoms. The van der Waals surface area contributed by atoms with Crippen LogP contribution in [0.25, 0.3) is 0 Å². The van der Waals surface area contributed by atoms with Crippen molar-refractivity contribution in [2.24, 2.45) is 11.8 Å². The molecule has 1 aliphatic carbocycles. The predicted molar refractivity (Wildman–Crippen MR) is 81.1 cm³/mol. The molecule has 3 nitrogen and oxygen atoms in total. The molecule has 0 N–H and O–H groups in total. The van der Waals surface area contributed by atoms with Crippen LogP contribution in [0.2, 0.25) is 0 Å². The number of hydrogen-bond acceptors (Lipinski definition) is 3. The Balaban J connectivity index is 2.40. The minimum absolute atomic E-state index is 0.0166. The number of carbonyl (C=O) groups excluding carboxylic acids is 1. The van der Waals surface area contributed by atoms with Crippen molar-refractivity contribution in [1.82, 2.24) is 0 Å². The summed E-state index contributed by atoms with van der Waals surface area (Å²) in [6.45, 7) is 8.27. The van der Waals surface area contributed by atoms with Gasteiger partial charge < -0.3 is 0 Å². The van der Waals surface area contributed by atoms with Gasteiger partial charge in [-0.1, -0.05) is 46.0 Å². The highest BCUT2D eigenvalue weighted by molar-refractivity contribution is 5.71. The molecule has 1 atom stereocenters. The second-order valence-electron chi connectivity index (χ2n) is 6.67. The van der Waals surface area contributed by atoms with Gasteiger partial charge in [0.05, 0.1) is 5.92 Å². The van der Waals surface area contributed by atoms with Gasteiger partial charge in [0, 0.05) is 0 Å². The topological polar surface area (TPSA) is 35.5 Å². The Bertz CT molecular complexity index is 280. The molecule has 1 fully saturated rings. The highest BCUT2D eigenvalue weighted by atomic mass is 17.2. The van der Waals surface area contributed by atoms with E-state index in [0.717, 1.165) is 25.7 Å². The summed E-state index contributed by atoms with van der Waals surface area (Å²) in [6, 6.07) is 0. The van der Waals surface area contributed by atoms with E-state index in [2.05, 4.69) is 6.92 Å². The standard InChI is InChI=1S/C17H32O3/c1-5-7-11-14(6-2)16(18)19-20-17(3,4)15-12-9-8-10-13-15/h14-15H,5-13H2,1-4H3. The van der Waals surface area contributed by atoms with E-state index < -0.39 is 0 Å². The lowest BCUT2D eigenvalue weighted by molar-refractivity contribution is -0.340. The monoisotopic (exact) mass is 284 g/mol. The number of unbranched alkanes of at least 4 members (excludes halogenated alkanes) is 1. The zero-order valence-electron chi connectivity index (χ0n) is 13.7. The van der Waals surface area contributed by atoms with Crippen molar-refractivity contribution in [3.63, 3.8) is 0 Å². The average Bonchev–Trinajstić information content (AvgIpc) is 2.47. The van der Waals surface area contributed by atoms with Crippen molar-refractivity contribution >= 4 is 5.97 Å². The summed E-state index contributed by atoms with van der Waals surface area (Å²) in [4.78, 5) is 22.8. The first-order valence-corrected chi connectivity index (χ1v) is 8.40. The van der Waals surface area contributed by atoms with Crippen molar-refractivity contribution < 1.29 is 14.6 Å². The first kappa shape index (κ1) is 17.5. The molecular weight excluding hydrogens is 252 g/mol. The van der Waals surface area contributed by atoms with Gasteiger partial charge in [-0.15, -0.1) is 0 Å². The van der Waals surface area contributed by atoms with E-state index in [-0.39, 0.29) is 17.5 Å². The molecule has 0 heterocycles. The van der Waals surface area contributed by atoms with E-state index in [4.69, 9.17) is 9.78 Å². The van der Waals surface area contributed by atoms with Crippen LogP contribution < -0.4 is 0 Å². The van der Waals surface area contributed by atoms with Crippen molar-refractivity contribution in [2.45, 2.75) is 91.1 Å². The zero-order valence-corrected chi connectivity index (χ0v) is 13.7. The first-order valence-electron chi connectivity index (χ1n) is 8.40. The Hall–Kier alpha value is -0.570. The van der Waals surface area contributed by atoms with Gasteiger partial charge in [0.25, 0.3) is 0 Å². The van der Waals surface area contributed by atoms with Crippen LogP contribution >= 0.6 is 0 Å². The van der Waals surface area contributed by atoms with E-state index in [1.54, 1.807) is 0 Å². The third-order valence-electron chi connectivity index (χ3n) is 4.66. The smallest absolute Gasteiger partial charge is 0.297 e. The van der Waals surface area contributed by atoms with Crippen LogP contribution in [0, 0.1) is 11.8 Å². The molecule has 20 heavy (non-hydrogen) atoms. The quantitative estimate of drug-likeness (QED) is 0.463. The van der Waals surface area contributed by atoms with E-state index in [1.165, 1.54) is 32.1 Å². The Morgan fingerprint density at radius 2 is 1.85 bits per heavy atom. The summed E-state index contributed by atoms with van der Waals surface area (Å²) in [5.74, 6) is 0.293. The minimum Gasteiger partial charge on any atom is -0.297 e. The lowest BCUT2D eigenvalue weighted by Crippen LogP contribution is -2.37. The van der Waals surface area contributed by atoms with Crippen molar-refractivity contribution in [3.8, 4) is 0 Å². The van der Waals surface area contributed by atoms with Crippen LogP contribution in [0.15, 0.2) is 0 Å². The van der Waals surface area contributed by atoms with Gasteiger partial charge in [-0.2, -0.15) is 4.89 Å². The minimum atomic E-state index is -0.362. The Labute approximate surface area is 124 Å². The van der Waals surface area contributed by atoms with Gasteiger partial charge in [0.2, 0.25) is 0 Å². The molecule has 0 saturated heterocycles. The second-order valence-corrected chi connectivity index (χ2v) is 6.67. The van der Waals surface area contributed by atoms with Crippen molar-refractivity contribution in [3.05, 3.63) is 0 Å². The maximum absolute atomic E-state index is 12.1. The third-order valence-corrected chi connectivity index (χ3v) is 4.66. The van der Waals surface area contributed by atoms with E-state index in [0.29, 0.717) is 5.92 Å². The first-order chi connectivity index (χ1) is 9.51. The second kappa shape index (κ2) is 8.66. The predicted octanol–water partition coefficient (Wildman–Crippen LogP) is 5.04. The maximum Gasteiger partial charge on any atom is 0.345 e. The third kappa shape index (κ3) is 5.43. The van der Waals surface area contributed by atoms with Crippen LogP contribution in [0.1, 0.15) is 85.5 Å². The average molecular weight is 284 g/mol. The van der Waals surface area contributed by atoms with Crippen LogP contribution in [-0.4, -0.2) is 11.6 Å². The lowest BCUT2D eigenvalue weighted by atomic mass is 9.79. The molecule has 0 aromatic carbocycles. The lowest BCUT2D eigenvalue weighted by Gasteiger charge is -2.35. The summed E-state index contributed by atoms with van der Waals surface area (Å²) in [5, 5.41) is 0. The normalized spacial score (nSPS) is 18.8. The fourth-order valence-electron chi connectivity index (χ4n) is 3.02. The molecule has 1 unspecified atom stereocenters. The summed E-state index contributed by atoms with van der Waals surface area (Å²) < 4.78 is 0. The fraction of sp³-hybridized carbons (Fsp3) is 0.941. The number of carbonyl (C=O) groups is 1. The van der Waals surface area contributed by atoms with Crippen LogP contribution in [0.5, 0.6) is 0 Å². The molecule has 0 aromatic heterocycles. The molecule has 1 saturated carbocycles. The van der Waals surface area contributed by atoms with Crippen LogP contribution in [0.4, 0.5) is 0 Å². The highest BCUT2D eigenvalue weighted by Crippen LogP contribution is 2.35. The molecule has 118 valence electrons.